The zero-order chi connectivity index (χ0) is 10.6. The molecule has 3 N–H and O–H groups in total. The molecular weight excluding hydrogens is 180 g/mol. The summed E-state index contributed by atoms with van der Waals surface area (Å²) in [7, 11) is 0. The van der Waals surface area contributed by atoms with Crippen LogP contribution in [0.5, 0.6) is 0 Å². The van der Waals surface area contributed by atoms with E-state index >= 15 is 0 Å². The van der Waals surface area contributed by atoms with Gasteiger partial charge in [-0.2, -0.15) is 0 Å². The second-order valence-corrected chi connectivity index (χ2v) is 4.23. The quantitative estimate of drug-likeness (QED) is 0.579. The first kappa shape index (κ1) is 11.5. The van der Waals surface area contributed by atoms with Gasteiger partial charge in [-0.15, -0.1) is 0 Å². The Kier molecular flexibility index (Phi) is 3.89. The van der Waals surface area contributed by atoms with Crippen LogP contribution in [0.2, 0.25) is 0 Å². The number of carbonyl (C=O) groups is 1. The molecule has 0 bridgehead atoms. The Morgan fingerprint density at radius 1 is 1.64 bits per heavy atom. The minimum absolute atomic E-state index is 0.113. The summed E-state index contributed by atoms with van der Waals surface area (Å²) in [6, 6.07) is 0. The van der Waals surface area contributed by atoms with E-state index in [1.54, 1.807) is 0 Å². The Bertz CT molecular complexity index is 204. The molecule has 1 fully saturated rings. The average Bonchev–Trinajstić information content (AvgIpc) is 2.01. The number of aliphatic hydroxyl groups is 1. The molecule has 0 radical (unpaired) electrons. The van der Waals surface area contributed by atoms with Gasteiger partial charge in [-0.25, -0.2) is 0 Å². The van der Waals surface area contributed by atoms with E-state index in [1.165, 1.54) is 0 Å². The second-order valence-electron chi connectivity index (χ2n) is 4.23. The summed E-state index contributed by atoms with van der Waals surface area (Å²) >= 11 is 0. The summed E-state index contributed by atoms with van der Waals surface area (Å²) in [6.07, 6.45) is 1.47. The van der Waals surface area contributed by atoms with Crippen LogP contribution in [-0.2, 0) is 4.79 Å². The molecule has 0 aromatic rings. The maximum atomic E-state index is 11.6. The molecule has 0 aromatic heterocycles. The molecule has 0 spiro atoms. The predicted octanol–water partition coefficient (Wildman–Crippen LogP) is -0.127. The molecule has 1 atom stereocenters. The van der Waals surface area contributed by atoms with Gasteiger partial charge in [0.25, 0.3) is 0 Å². The highest BCUT2D eigenvalue weighted by Crippen LogP contribution is 2.15. The number of hydrogen-bond donors (Lipinski definition) is 3. The molecule has 4 heteroatoms. The molecule has 4 nitrogen and oxygen atoms in total. The van der Waals surface area contributed by atoms with Crippen molar-refractivity contribution in [1.82, 2.24) is 10.6 Å². The molecule has 1 heterocycles. The van der Waals surface area contributed by atoms with Crippen molar-refractivity contribution in [3.63, 3.8) is 0 Å². The number of hydrogen-bond acceptors (Lipinski definition) is 3. The first-order valence-corrected chi connectivity index (χ1v) is 5.25. The Labute approximate surface area is 85.1 Å². The maximum Gasteiger partial charge on any atom is 0.226 e. The minimum atomic E-state index is -0.249. The molecule has 0 saturated carbocycles. The molecule has 1 unspecified atom stereocenters. The van der Waals surface area contributed by atoms with Crippen LogP contribution >= 0.6 is 0 Å². The van der Waals surface area contributed by atoms with Crippen LogP contribution < -0.4 is 10.6 Å². The van der Waals surface area contributed by atoms with E-state index in [9.17, 15) is 4.79 Å². The standard InChI is InChI=1S/C10H20N2O2/c1-3-10(2,4-5-13)12-9(14)8-6-11-7-8/h8,11,13H,3-7H2,1-2H3,(H,12,14). The number of carbonyl (C=O) groups excluding carboxylic acids is 1. The highest BCUT2D eigenvalue weighted by molar-refractivity contribution is 5.80. The van der Waals surface area contributed by atoms with Crippen molar-refractivity contribution >= 4 is 5.91 Å². The van der Waals surface area contributed by atoms with E-state index in [-0.39, 0.29) is 24.0 Å². The summed E-state index contributed by atoms with van der Waals surface area (Å²) in [5.41, 5.74) is -0.249. The Balaban J connectivity index is 2.41. The fourth-order valence-electron chi connectivity index (χ4n) is 1.45. The summed E-state index contributed by atoms with van der Waals surface area (Å²) in [5, 5.41) is 15.0. The fourth-order valence-corrected chi connectivity index (χ4v) is 1.45. The third-order valence-corrected chi connectivity index (χ3v) is 3.02. The van der Waals surface area contributed by atoms with Gasteiger partial charge in [0.15, 0.2) is 0 Å². The van der Waals surface area contributed by atoms with Crippen molar-refractivity contribution in [2.24, 2.45) is 5.92 Å². The lowest BCUT2D eigenvalue weighted by molar-refractivity contribution is -0.128. The monoisotopic (exact) mass is 200 g/mol. The van der Waals surface area contributed by atoms with Crippen molar-refractivity contribution in [3.8, 4) is 0 Å². The van der Waals surface area contributed by atoms with Gasteiger partial charge in [0.2, 0.25) is 5.91 Å². The van der Waals surface area contributed by atoms with E-state index in [0.717, 1.165) is 19.5 Å². The van der Waals surface area contributed by atoms with Crippen LogP contribution in [0.4, 0.5) is 0 Å². The molecular formula is C10H20N2O2. The summed E-state index contributed by atoms with van der Waals surface area (Å²) in [4.78, 5) is 11.6. The van der Waals surface area contributed by atoms with Gasteiger partial charge in [0.1, 0.15) is 0 Å². The lowest BCUT2D eigenvalue weighted by Gasteiger charge is -2.34. The van der Waals surface area contributed by atoms with Crippen LogP contribution in [0, 0.1) is 5.92 Å². The van der Waals surface area contributed by atoms with Crippen LogP contribution in [0.1, 0.15) is 26.7 Å². The molecule has 1 amide bonds. The van der Waals surface area contributed by atoms with Gasteiger partial charge in [-0.1, -0.05) is 6.92 Å². The number of nitrogens with one attached hydrogen (secondary N) is 2. The molecule has 0 aromatic carbocycles. The smallest absolute Gasteiger partial charge is 0.226 e. The van der Waals surface area contributed by atoms with Gasteiger partial charge in [-0.3, -0.25) is 4.79 Å². The third-order valence-electron chi connectivity index (χ3n) is 3.02. The maximum absolute atomic E-state index is 11.6. The molecule has 1 saturated heterocycles. The summed E-state index contributed by atoms with van der Waals surface area (Å²) < 4.78 is 0. The van der Waals surface area contributed by atoms with E-state index in [4.69, 9.17) is 5.11 Å². The third kappa shape index (κ3) is 2.69. The largest absolute Gasteiger partial charge is 0.396 e. The molecule has 1 aliphatic heterocycles. The predicted molar refractivity (Wildman–Crippen MR) is 54.9 cm³/mol. The van der Waals surface area contributed by atoms with Gasteiger partial charge in [-0.05, 0) is 19.8 Å². The lowest BCUT2D eigenvalue weighted by atomic mass is 9.92. The zero-order valence-electron chi connectivity index (χ0n) is 8.97. The minimum Gasteiger partial charge on any atom is -0.396 e. The van der Waals surface area contributed by atoms with Crippen LogP contribution in [0.15, 0.2) is 0 Å². The molecule has 14 heavy (non-hydrogen) atoms. The molecule has 1 aliphatic rings. The summed E-state index contributed by atoms with van der Waals surface area (Å²) in [5.74, 6) is 0.237. The summed E-state index contributed by atoms with van der Waals surface area (Å²) in [6.45, 7) is 5.69. The Hall–Kier alpha value is -0.610. The van der Waals surface area contributed by atoms with E-state index in [2.05, 4.69) is 10.6 Å². The fraction of sp³-hybridized carbons (Fsp3) is 0.900. The van der Waals surface area contributed by atoms with Crippen molar-refractivity contribution in [2.45, 2.75) is 32.2 Å². The second kappa shape index (κ2) is 4.75. The van der Waals surface area contributed by atoms with Crippen molar-refractivity contribution in [2.75, 3.05) is 19.7 Å². The lowest BCUT2D eigenvalue weighted by Crippen LogP contribution is -2.56. The van der Waals surface area contributed by atoms with E-state index in [1.807, 2.05) is 13.8 Å². The molecule has 1 rings (SSSR count). The SMILES string of the molecule is CCC(C)(CCO)NC(=O)C1CNC1. The van der Waals surface area contributed by atoms with Gasteiger partial charge in [0, 0.05) is 25.2 Å². The Morgan fingerprint density at radius 2 is 2.29 bits per heavy atom. The Morgan fingerprint density at radius 3 is 2.64 bits per heavy atom. The highest BCUT2D eigenvalue weighted by atomic mass is 16.3. The normalized spacial score (nSPS) is 21.1. The van der Waals surface area contributed by atoms with Gasteiger partial charge >= 0.3 is 0 Å². The van der Waals surface area contributed by atoms with Gasteiger partial charge in [0.05, 0.1) is 5.92 Å². The zero-order valence-corrected chi connectivity index (χ0v) is 8.97. The average molecular weight is 200 g/mol. The molecule has 0 aliphatic carbocycles. The number of rotatable bonds is 5. The number of amides is 1. The van der Waals surface area contributed by atoms with E-state index in [0.29, 0.717) is 6.42 Å². The topological polar surface area (TPSA) is 61.4 Å². The first-order valence-electron chi connectivity index (χ1n) is 5.25. The van der Waals surface area contributed by atoms with Gasteiger partial charge < -0.3 is 15.7 Å². The van der Waals surface area contributed by atoms with Crippen molar-refractivity contribution in [3.05, 3.63) is 0 Å². The van der Waals surface area contributed by atoms with Crippen LogP contribution in [-0.4, -0.2) is 36.2 Å². The number of aliphatic hydroxyl groups excluding tert-OH is 1. The van der Waals surface area contributed by atoms with Crippen LogP contribution in [0.25, 0.3) is 0 Å². The van der Waals surface area contributed by atoms with E-state index < -0.39 is 0 Å². The van der Waals surface area contributed by atoms with Crippen molar-refractivity contribution in [1.29, 1.82) is 0 Å². The van der Waals surface area contributed by atoms with Crippen molar-refractivity contribution < 1.29 is 9.90 Å². The first-order chi connectivity index (χ1) is 6.61. The van der Waals surface area contributed by atoms with Crippen LogP contribution in [0.3, 0.4) is 0 Å². The highest BCUT2D eigenvalue weighted by Gasteiger charge is 2.30. The molecule has 82 valence electrons.